The van der Waals surface area contributed by atoms with Crippen molar-refractivity contribution in [3.63, 3.8) is 0 Å². The van der Waals surface area contributed by atoms with E-state index in [0.29, 0.717) is 11.3 Å². The van der Waals surface area contributed by atoms with E-state index in [9.17, 15) is 18.0 Å². The van der Waals surface area contributed by atoms with Crippen molar-refractivity contribution in [3.05, 3.63) is 23.4 Å². The third-order valence-electron chi connectivity index (χ3n) is 3.18. The van der Waals surface area contributed by atoms with Gasteiger partial charge in [-0.3, -0.25) is 14.8 Å². The molecule has 20 heavy (non-hydrogen) atoms. The molecule has 0 radical (unpaired) electrons. The molecular weight excluding hydrogens is 288 g/mol. The summed E-state index contributed by atoms with van der Waals surface area (Å²) in [5.74, 6) is -0.361. The fourth-order valence-corrected chi connectivity index (χ4v) is 3.14. The van der Waals surface area contributed by atoms with Crippen LogP contribution in [0.2, 0.25) is 0 Å². The van der Waals surface area contributed by atoms with Gasteiger partial charge in [0, 0.05) is 25.2 Å². The molecule has 10 heteroatoms. The average molecular weight is 302 g/mol. The number of amides is 2. The summed E-state index contributed by atoms with van der Waals surface area (Å²) >= 11 is 0. The van der Waals surface area contributed by atoms with Crippen LogP contribution in [-0.2, 0) is 14.9 Å². The number of primary amides is 1. The van der Waals surface area contributed by atoms with Gasteiger partial charge in [-0.1, -0.05) is 6.08 Å². The fourth-order valence-electron chi connectivity index (χ4n) is 2.23. The van der Waals surface area contributed by atoms with Gasteiger partial charge in [-0.05, 0) is 5.57 Å². The summed E-state index contributed by atoms with van der Waals surface area (Å²) in [7, 11) is -2.77. The molecule has 2 atom stereocenters. The lowest BCUT2D eigenvalue weighted by molar-refractivity contribution is -0.115. The number of rotatable bonds is 3. The highest BCUT2D eigenvalue weighted by Crippen LogP contribution is 2.35. The topological polar surface area (TPSA) is 142 Å². The lowest BCUT2D eigenvalue weighted by atomic mass is 9.99. The third kappa shape index (κ3) is 2.66. The number of likely N-dealkylation sites (N-methyl/N-ethyl adjacent to an activating group) is 1. The van der Waals surface area contributed by atoms with Gasteiger partial charge in [0.25, 0.3) is 10.1 Å². The molecule has 0 spiro atoms. The summed E-state index contributed by atoms with van der Waals surface area (Å²) in [6.45, 7) is 0. The largest absolute Gasteiger partial charge is 0.356 e. The summed E-state index contributed by atoms with van der Waals surface area (Å²) in [5.41, 5.74) is 10.4. The first-order valence-electron chi connectivity index (χ1n) is 5.67. The van der Waals surface area contributed by atoms with Crippen LogP contribution in [0.1, 0.15) is 6.42 Å². The van der Waals surface area contributed by atoms with E-state index in [1.165, 1.54) is 24.1 Å². The van der Waals surface area contributed by atoms with E-state index in [4.69, 9.17) is 10.3 Å². The lowest BCUT2D eigenvalue weighted by Crippen LogP contribution is -2.49. The second-order valence-electron chi connectivity index (χ2n) is 4.52. The van der Waals surface area contributed by atoms with Crippen molar-refractivity contribution < 1.29 is 22.6 Å². The molecule has 0 aromatic heterocycles. The van der Waals surface area contributed by atoms with Crippen molar-refractivity contribution in [2.24, 2.45) is 5.73 Å². The number of nitrogens with one attached hydrogen (secondary N) is 2. The van der Waals surface area contributed by atoms with E-state index in [0.717, 1.165) is 0 Å². The average Bonchev–Trinajstić information content (AvgIpc) is 2.63. The molecular formula is C10H14N4O5S. The maximum Gasteiger partial charge on any atom is 0.326 e. The van der Waals surface area contributed by atoms with Gasteiger partial charge in [-0.15, -0.1) is 0 Å². The zero-order chi connectivity index (χ0) is 15.1. The van der Waals surface area contributed by atoms with Crippen molar-refractivity contribution in [2.45, 2.75) is 17.8 Å². The van der Waals surface area contributed by atoms with E-state index < -0.39 is 27.6 Å². The monoisotopic (exact) mass is 302 g/mol. The highest BCUT2D eigenvalue weighted by atomic mass is 32.2. The van der Waals surface area contributed by atoms with Gasteiger partial charge in [-0.25, -0.2) is 10.2 Å². The minimum absolute atomic E-state index is 0.0587. The van der Waals surface area contributed by atoms with Gasteiger partial charge in [-0.2, -0.15) is 8.42 Å². The second kappa shape index (κ2) is 4.89. The van der Waals surface area contributed by atoms with Gasteiger partial charge in [0.05, 0.1) is 0 Å². The number of hydrogen-bond acceptors (Lipinski definition) is 6. The van der Waals surface area contributed by atoms with Gasteiger partial charge < -0.3 is 10.6 Å². The summed E-state index contributed by atoms with van der Waals surface area (Å²) < 4.78 is 31.6. The maximum absolute atomic E-state index is 11.8. The molecule has 0 bridgehead atoms. The van der Waals surface area contributed by atoms with E-state index in [1.807, 2.05) is 0 Å². The van der Waals surface area contributed by atoms with E-state index in [2.05, 4.69) is 10.9 Å². The Morgan fingerprint density at radius 2 is 2.20 bits per heavy atom. The molecule has 1 aliphatic heterocycles. The zero-order valence-electron chi connectivity index (χ0n) is 10.5. The molecule has 0 saturated carbocycles. The van der Waals surface area contributed by atoms with E-state index in [-0.39, 0.29) is 12.2 Å². The molecule has 5 N–H and O–H groups in total. The Balaban J connectivity index is 2.24. The second-order valence-corrected chi connectivity index (χ2v) is 6.09. The summed E-state index contributed by atoms with van der Waals surface area (Å²) in [6.07, 6.45) is 2.82. The summed E-state index contributed by atoms with van der Waals surface area (Å²) in [4.78, 5) is 23.8. The Labute approximate surface area is 115 Å². The smallest absolute Gasteiger partial charge is 0.326 e. The summed E-state index contributed by atoms with van der Waals surface area (Å²) in [5, 5.41) is -1.12. The van der Waals surface area contributed by atoms with Gasteiger partial charge in [0.15, 0.2) is 11.2 Å². The SMILES string of the molecule is CN1C2=CC(=O)[C@@H](NNC(N)=O)C=C2C[C@@H]1S(=O)(=O)O. The highest BCUT2D eigenvalue weighted by molar-refractivity contribution is 7.86. The number of ketones is 1. The van der Waals surface area contributed by atoms with Gasteiger partial charge >= 0.3 is 6.03 Å². The molecule has 0 unspecified atom stereocenters. The number of fused-ring (bicyclic) bond motifs is 1. The van der Waals surface area contributed by atoms with E-state index >= 15 is 0 Å². The van der Waals surface area contributed by atoms with Crippen molar-refractivity contribution in [1.29, 1.82) is 0 Å². The number of likely N-dealkylation sites (tertiary alicyclic amines) is 1. The minimum Gasteiger partial charge on any atom is -0.356 e. The van der Waals surface area contributed by atoms with Crippen LogP contribution in [0.15, 0.2) is 23.4 Å². The quantitative estimate of drug-likeness (QED) is 0.366. The summed E-state index contributed by atoms with van der Waals surface area (Å²) in [6, 6.07) is -1.67. The number of hydrogen-bond donors (Lipinski definition) is 4. The van der Waals surface area contributed by atoms with Crippen LogP contribution in [0.5, 0.6) is 0 Å². The normalized spacial score (nSPS) is 25.9. The molecule has 0 aromatic rings. The number of nitrogens with two attached hydrogens (primary N) is 1. The van der Waals surface area contributed by atoms with Crippen molar-refractivity contribution in [1.82, 2.24) is 15.8 Å². The number of hydrazine groups is 1. The molecule has 1 heterocycles. The molecule has 1 aliphatic carbocycles. The molecule has 9 nitrogen and oxygen atoms in total. The number of urea groups is 1. The standard InChI is InChI=1S/C10H14N4O5S/c1-14-7-4-8(15)6(12-13-10(11)16)2-5(7)3-9(14)20(17,18)19/h2,4,6,9,12H,3H2,1H3,(H3,11,13,16)(H,17,18,19)/t6-,9-/m0/s1. The van der Waals surface area contributed by atoms with Crippen LogP contribution in [0.25, 0.3) is 0 Å². The highest BCUT2D eigenvalue weighted by Gasteiger charge is 2.40. The van der Waals surface area contributed by atoms with Crippen LogP contribution in [0, 0.1) is 0 Å². The Bertz CT molecular complexity index is 624. The molecule has 2 rings (SSSR count). The Morgan fingerprint density at radius 1 is 1.55 bits per heavy atom. The molecule has 110 valence electrons. The van der Waals surface area contributed by atoms with Crippen LogP contribution in [-0.4, -0.2) is 48.1 Å². The fraction of sp³-hybridized carbons (Fsp3) is 0.400. The van der Waals surface area contributed by atoms with E-state index in [1.54, 1.807) is 0 Å². The van der Waals surface area contributed by atoms with Gasteiger partial charge in [0.2, 0.25) is 0 Å². The van der Waals surface area contributed by atoms with Crippen molar-refractivity contribution in [3.8, 4) is 0 Å². The number of allylic oxidation sites excluding steroid dienone is 1. The molecule has 1 fully saturated rings. The predicted molar refractivity (Wildman–Crippen MR) is 68.5 cm³/mol. The first kappa shape index (κ1) is 14.5. The first-order chi connectivity index (χ1) is 9.20. The van der Waals surface area contributed by atoms with Crippen LogP contribution >= 0.6 is 0 Å². The molecule has 2 aliphatic rings. The van der Waals surface area contributed by atoms with Crippen molar-refractivity contribution in [2.75, 3.05) is 7.05 Å². The first-order valence-corrected chi connectivity index (χ1v) is 7.17. The molecule has 1 saturated heterocycles. The number of nitrogens with zero attached hydrogens (tertiary/aromatic N) is 1. The van der Waals surface area contributed by atoms with Crippen LogP contribution in [0.4, 0.5) is 4.79 Å². The zero-order valence-corrected chi connectivity index (χ0v) is 11.3. The Hall–Kier alpha value is -1.91. The lowest BCUT2D eigenvalue weighted by Gasteiger charge is -2.22. The van der Waals surface area contributed by atoms with Gasteiger partial charge in [0.1, 0.15) is 6.04 Å². The third-order valence-corrected chi connectivity index (χ3v) is 4.35. The van der Waals surface area contributed by atoms with Crippen molar-refractivity contribution >= 4 is 21.9 Å². The maximum atomic E-state index is 11.8. The predicted octanol–water partition coefficient (Wildman–Crippen LogP) is -1.53. The van der Waals surface area contributed by atoms with Crippen LogP contribution < -0.4 is 16.6 Å². The minimum atomic E-state index is -4.25. The van der Waals surface area contributed by atoms with Crippen LogP contribution in [0.3, 0.4) is 0 Å². The Morgan fingerprint density at radius 3 is 2.75 bits per heavy atom. The molecule has 2 amide bonds. The number of carbonyl (C=O) groups is 2. The number of carbonyl (C=O) groups excluding carboxylic acids is 2. The molecule has 0 aromatic carbocycles. The Kier molecular flexibility index (Phi) is 3.54.